The molecule has 0 spiro atoms. The van der Waals surface area contributed by atoms with Crippen molar-refractivity contribution in [1.29, 1.82) is 0 Å². The summed E-state index contributed by atoms with van der Waals surface area (Å²) in [6, 6.07) is 0. The van der Waals surface area contributed by atoms with Gasteiger partial charge in [0, 0.05) is 13.0 Å². The van der Waals surface area contributed by atoms with E-state index in [1.54, 1.807) is 0 Å². The summed E-state index contributed by atoms with van der Waals surface area (Å²) in [5.41, 5.74) is 0. The molecule has 1 atom stereocenters. The van der Waals surface area contributed by atoms with Crippen LogP contribution in [0.25, 0.3) is 0 Å². The summed E-state index contributed by atoms with van der Waals surface area (Å²) in [6.45, 7) is 6.79. The molecular weight excluding hydrogens is 391 g/mol. The highest BCUT2D eigenvalue weighted by molar-refractivity contribution is 7.47. The lowest BCUT2D eigenvalue weighted by atomic mass is 10.2. The first-order chi connectivity index (χ1) is 13.6. The minimum Gasteiger partial charge on any atom is -0.379 e. The number of hydrogen-bond donors (Lipinski definition) is 1. The molecule has 0 aromatic heterocycles. The fraction of sp³-hybridized carbons (Fsp3) is 0.889. The van der Waals surface area contributed by atoms with Crippen LogP contribution in [0, 0.1) is 12.3 Å². The quantitative estimate of drug-likeness (QED) is 0.158. The first-order valence-electron chi connectivity index (χ1n) is 9.56. The van der Waals surface area contributed by atoms with Crippen LogP contribution in [0.2, 0.25) is 0 Å². The van der Waals surface area contributed by atoms with Gasteiger partial charge in [-0.1, -0.05) is 0 Å². The average molecular weight is 426 g/mol. The molecule has 0 bridgehead atoms. The molecule has 0 saturated heterocycles. The molecule has 1 unspecified atom stereocenters. The zero-order chi connectivity index (χ0) is 20.8. The Morgan fingerprint density at radius 2 is 1.14 bits per heavy atom. The van der Waals surface area contributed by atoms with Crippen LogP contribution in [0.5, 0.6) is 0 Å². The van der Waals surface area contributed by atoms with Crippen molar-refractivity contribution in [3.8, 4) is 12.3 Å². The Morgan fingerprint density at radius 1 is 0.714 bits per heavy atom. The van der Waals surface area contributed by atoms with E-state index < -0.39 is 7.82 Å². The predicted octanol–water partition coefficient (Wildman–Crippen LogP) is 2.03. The second-order valence-corrected chi connectivity index (χ2v) is 6.90. The smallest absolute Gasteiger partial charge is 0.379 e. The molecule has 0 aliphatic carbocycles. The SMILES string of the molecule is C#CCCCCOP(=O)(O)OCCOCCOCCOCCOCCOCC. The standard InChI is InChI=1S/C18H35O9P/c1-3-5-6-7-8-26-28(19,20)27-18-17-25-16-15-24-14-13-23-12-11-22-10-9-21-4-2/h1H,4-18H2,2H3,(H,19,20). The highest BCUT2D eigenvalue weighted by Gasteiger charge is 2.20. The Labute approximate surface area is 168 Å². The first kappa shape index (κ1) is 27.5. The van der Waals surface area contributed by atoms with Crippen LogP contribution in [0.4, 0.5) is 0 Å². The van der Waals surface area contributed by atoms with Crippen molar-refractivity contribution in [1.82, 2.24) is 0 Å². The largest absolute Gasteiger partial charge is 0.472 e. The Balaban J connectivity index is 3.24. The zero-order valence-electron chi connectivity index (χ0n) is 16.8. The van der Waals surface area contributed by atoms with Gasteiger partial charge < -0.3 is 28.6 Å². The number of phosphoric ester groups is 1. The van der Waals surface area contributed by atoms with E-state index in [1.807, 2.05) is 6.92 Å². The summed E-state index contributed by atoms with van der Waals surface area (Å²) >= 11 is 0. The third-order valence-corrected chi connectivity index (χ3v) is 4.16. The van der Waals surface area contributed by atoms with Crippen molar-refractivity contribution in [2.45, 2.75) is 26.2 Å². The van der Waals surface area contributed by atoms with Gasteiger partial charge in [-0.2, -0.15) is 0 Å². The maximum atomic E-state index is 11.6. The van der Waals surface area contributed by atoms with Crippen LogP contribution < -0.4 is 0 Å². The third kappa shape index (κ3) is 21.8. The minimum atomic E-state index is -4.03. The van der Waals surface area contributed by atoms with Crippen LogP contribution in [-0.2, 0) is 37.3 Å². The summed E-state index contributed by atoms with van der Waals surface area (Å²) in [6.07, 6.45) is 7.08. The van der Waals surface area contributed by atoms with Crippen molar-refractivity contribution in [3.63, 3.8) is 0 Å². The minimum absolute atomic E-state index is 0.0372. The van der Waals surface area contributed by atoms with Crippen molar-refractivity contribution in [2.75, 3.05) is 79.3 Å². The Bertz CT molecular complexity index is 414. The van der Waals surface area contributed by atoms with Crippen LogP contribution >= 0.6 is 7.82 Å². The van der Waals surface area contributed by atoms with Gasteiger partial charge in [0.1, 0.15) is 0 Å². The Kier molecular flexibility index (Phi) is 20.8. The van der Waals surface area contributed by atoms with Crippen molar-refractivity contribution < 1.29 is 42.2 Å². The topological polar surface area (TPSA) is 102 Å². The van der Waals surface area contributed by atoms with Gasteiger partial charge in [-0.15, -0.1) is 12.3 Å². The monoisotopic (exact) mass is 426 g/mol. The Morgan fingerprint density at radius 3 is 1.61 bits per heavy atom. The number of terminal acetylenes is 1. The predicted molar refractivity (Wildman–Crippen MR) is 104 cm³/mol. The average Bonchev–Trinajstić information content (AvgIpc) is 2.67. The normalized spacial score (nSPS) is 13.3. The molecule has 0 amide bonds. The molecule has 0 radical (unpaired) electrons. The fourth-order valence-corrected chi connectivity index (χ4v) is 2.52. The van der Waals surface area contributed by atoms with E-state index in [9.17, 15) is 9.46 Å². The number of ether oxygens (including phenoxy) is 5. The molecule has 9 nitrogen and oxygen atoms in total. The zero-order valence-corrected chi connectivity index (χ0v) is 17.7. The van der Waals surface area contributed by atoms with Gasteiger partial charge in [-0.3, -0.25) is 9.05 Å². The Hall–Kier alpha value is -0.530. The summed E-state index contributed by atoms with van der Waals surface area (Å²) in [4.78, 5) is 9.45. The molecule has 1 N–H and O–H groups in total. The van der Waals surface area contributed by atoms with Gasteiger partial charge in [0.25, 0.3) is 0 Å². The molecule has 0 heterocycles. The molecule has 0 rings (SSSR count). The van der Waals surface area contributed by atoms with Crippen molar-refractivity contribution in [3.05, 3.63) is 0 Å². The van der Waals surface area contributed by atoms with E-state index in [-0.39, 0.29) is 19.8 Å². The van der Waals surface area contributed by atoms with Crippen LogP contribution in [0.15, 0.2) is 0 Å². The number of phosphoric acid groups is 1. The lowest BCUT2D eigenvalue weighted by Crippen LogP contribution is -2.14. The number of unbranched alkanes of at least 4 members (excludes halogenated alkanes) is 2. The van der Waals surface area contributed by atoms with Gasteiger partial charge in [-0.25, -0.2) is 4.57 Å². The van der Waals surface area contributed by atoms with E-state index in [0.717, 1.165) is 6.42 Å². The fourth-order valence-electron chi connectivity index (χ4n) is 1.78. The summed E-state index contributed by atoms with van der Waals surface area (Å²) in [5, 5.41) is 0. The molecule has 28 heavy (non-hydrogen) atoms. The van der Waals surface area contributed by atoms with Gasteiger partial charge >= 0.3 is 7.82 Å². The summed E-state index contributed by atoms with van der Waals surface area (Å²) in [5.74, 6) is 2.49. The molecule has 10 heteroatoms. The van der Waals surface area contributed by atoms with Crippen molar-refractivity contribution >= 4 is 7.82 Å². The number of rotatable bonds is 22. The van der Waals surface area contributed by atoms with Gasteiger partial charge in [0.2, 0.25) is 0 Å². The molecule has 0 aliphatic heterocycles. The third-order valence-electron chi connectivity index (χ3n) is 3.14. The summed E-state index contributed by atoms with van der Waals surface area (Å²) in [7, 11) is -4.03. The van der Waals surface area contributed by atoms with E-state index in [1.165, 1.54) is 0 Å². The van der Waals surface area contributed by atoms with E-state index in [0.29, 0.717) is 72.3 Å². The molecule has 166 valence electrons. The van der Waals surface area contributed by atoms with Gasteiger partial charge in [-0.05, 0) is 19.8 Å². The van der Waals surface area contributed by atoms with Gasteiger partial charge in [0.15, 0.2) is 0 Å². The van der Waals surface area contributed by atoms with Gasteiger partial charge in [0.05, 0.1) is 72.7 Å². The molecule has 0 aromatic carbocycles. The highest BCUT2D eigenvalue weighted by Crippen LogP contribution is 2.43. The van der Waals surface area contributed by atoms with Crippen molar-refractivity contribution in [2.24, 2.45) is 0 Å². The second kappa shape index (κ2) is 21.2. The maximum absolute atomic E-state index is 11.6. The lowest BCUT2D eigenvalue weighted by Gasteiger charge is -2.12. The van der Waals surface area contributed by atoms with E-state index in [4.69, 9.17) is 39.2 Å². The van der Waals surface area contributed by atoms with E-state index >= 15 is 0 Å². The maximum Gasteiger partial charge on any atom is 0.472 e. The van der Waals surface area contributed by atoms with Crippen LogP contribution in [0.3, 0.4) is 0 Å². The highest BCUT2D eigenvalue weighted by atomic mass is 31.2. The molecule has 0 aromatic rings. The molecule has 0 saturated carbocycles. The summed E-state index contributed by atoms with van der Waals surface area (Å²) < 4.78 is 47.5. The molecular formula is C18H35O9P. The lowest BCUT2D eigenvalue weighted by molar-refractivity contribution is -0.0128. The second-order valence-electron chi connectivity index (χ2n) is 5.44. The molecule has 0 aliphatic rings. The van der Waals surface area contributed by atoms with Crippen LogP contribution in [0.1, 0.15) is 26.2 Å². The van der Waals surface area contributed by atoms with E-state index in [2.05, 4.69) is 5.92 Å². The first-order valence-corrected chi connectivity index (χ1v) is 11.1. The van der Waals surface area contributed by atoms with Crippen LogP contribution in [-0.4, -0.2) is 84.2 Å². The number of hydrogen-bond acceptors (Lipinski definition) is 8. The molecule has 0 fully saturated rings.